The second-order valence-corrected chi connectivity index (χ2v) is 8.26. The highest BCUT2D eigenvalue weighted by atomic mass is 35.5. The molecule has 1 aromatic carbocycles. The molecule has 26 heavy (non-hydrogen) atoms. The fourth-order valence-corrected chi connectivity index (χ4v) is 3.66. The van der Waals surface area contributed by atoms with E-state index in [2.05, 4.69) is 19.8 Å². The lowest BCUT2D eigenvalue weighted by Gasteiger charge is -2.35. The van der Waals surface area contributed by atoms with Crippen LogP contribution < -0.4 is 10.1 Å². The van der Waals surface area contributed by atoms with Crippen LogP contribution in [0.2, 0.25) is 0 Å². The van der Waals surface area contributed by atoms with Gasteiger partial charge < -0.3 is 14.6 Å². The van der Waals surface area contributed by atoms with Crippen LogP contribution in [0.25, 0.3) is 0 Å². The van der Waals surface area contributed by atoms with Crippen LogP contribution in [-0.4, -0.2) is 61.9 Å². The number of piperazine rings is 1. The molecule has 1 saturated heterocycles. The van der Waals surface area contributed by atoms with Crippen molar-refractivity contribution in [3.63, 3.8) is 0 Å². The van der Waals surface area contributed by atoms with E-state index in [9.17, 15) is 8.42 Å². The smallest absolute Gasteiger partial charge is 0.175 e. The number of halogens is 1. The third-order valence-electron chi connectivity index (χ3n) is 4.41. The number of hydrogen-bond donors (Lipinski definition) is 1. The summed E-state index contributed by atoms with van der Waals surface area (Å²) in [5.74, 6) is 1.72. The third kappa shape index (κ3) is 4.97. The largest absolute Gasteiger partial charge is 0.492 e. The standard InChI is InChI=1S/C17H24N4O3S.ClH/c1-20-9-8-19-17(20)16-13-18-7-10-21(16)11-12-24-14-3-5-15(6-4-14)25(2,22)23;/h3-6,8-9,16,18H,7,10-13H2,1-2H3;1H. The van der Waals surface area contributed by atoms with Crippen molar-refractivity contribution in [3.05, 3.63) is 42.5 Å². The van der Waals surface area contributed by atoms with Gasteiger partial charge in [-0.3, -0.25) is 4.90 Å². The van der Waals surface area contributed by atoms with Gasteiger partial charge in [-0.1, -0.05) is 0 Å². The minimum Gasteiger partial charge on any atom is -0.492 e. The Labute approximate surface area is 160 Å². The fraction of sp³-hybridized carbons (Fsp3) is 0.471. The summed E-state index contributed by atoms with van der Waals surface area (Å²) >= 11 is 0. The van der Waals surface area contributed by atoms with E-state index >= 15 is 0 Å². The monoisotopic (exact) mass is 400 g/mol. The van der Waals surface area contributed by atoms with Crippen molar-refractivity contribution >= 4 is 22.2 Å². The fourth-order valence-electron chi connectivity index (χ4n) is 3.03. The Morgan fingerprint density at radius 3 is 2.65 bits per heavy atom. The van der Waals surface area contributed by atoms with Crippen molar-refractivity contribution in [3.8, 4) is 5.75 Å². The normalized spacial score (nSPS) is 18.3. The van der Waals surface area contributed by atoms with Crippen molar-refractivity contribution in [1.29, 1.82) is 0 Å². The van der Waals surface area contributed by atoms with Gasteiger partial charge in [0.25, 0.3) is 0 Å². The lowest BCUT2D eigenvalue weighted by molar-refractivity contribution is 0.127. The molecule has 1 aliphatic heterocycles. The highest BCUT2D eigenvalue weighted by Crippen LogP contribution is 2.20. The first-order valence-corrected chi connectivity index (χ1v) is 10.2. The maximum Gasteiger partial charge on any atom is 0.175 e. The van der Waals surface area contributed by atoms with Crippen molar-refractivity contribution in [2.24, 2.45) is 7.05 Å². The zero-order valence-electron chi connectivity index (χ0n) is 15.0. The van der Waals surface area contributed by atoms with Gasteiger partial charge in [0.15, 0.2) is 9.84 Å². The molecule has 0 amide bonds. The Hall–Kier alpha value is -1.61. The van der Waals surface area contributed by atoms with Crippen molar-refractivity contribution in [2.45, 2.75) is 10.9 Å². The molecule has 1 N–H and O–H groups in total. The van der Waals surface area contributed by atoms with Crippen LogP contribution in [0.5, 0.6) is 5.75 Å². The van der Waals surface area contributed by atoms with Crippen molar-refractivity contribution in [2.75, 3.05) is 39.0 Å². The Bertz CT molecular complexity index is 808. The van der Waals surface area contributed by atoms with E-state index in [1.807, 2.05) is 19.4 Å². The lowest BCUT2D eigenvalue weighted by Crippen LogP contribution is -2.48. The van der Waals surface area contributed by atoms with Gasteiger partial charge in [0.2, 0.25) is 0 Å². The lowest BCUT2D eigenvalue weighted by atomic mass is 10.2. The molecule has 3 rings (SSSR count). The molecule has 1 unspecified atom stereocenters. The third-order valence-corrected chi connectivity index (χ3v) is 5.54. The van der Waals surface area contributed by atoms with E-state index in [1.54, 1.807) is 24.3 Å². The molecule has 0 saturated carbocycles. The van der Waals surface area contributed by atoms with Crippen molar-refractivity contribution < 1.29 is 13.2 Å². The number of nitrogens with one attached hydrogen (secondary N) is 1. The van der Waals surface area contributed by atoms with E-state index < -0.39 is 9.84 Å². The summed E-state index contributed by atoms with van der Waals surface area (Å²) in [6.45, 7) is 4.08. The van der Waals surface area contributed by atoms with Gasteiger partial charge >= 0.3 is 0 Å². The number of aryl methyl sites for hydroxylation is 1. The maximum atomic E-state index is 11.5. The number of imidazole rings is 1. The van der Waals surface area contributed by atoms with E-state index in [0.29, 0.717) is 17.3 Å². The number of aromatic nitrogens is 2. The van der Waals surface area contributed by atoms with Gasteiger partial charge in [0, 0.05) is 51.9 Å². The van der Waals surface area contributed by atoms with Gasteiger partial charge in [-0.25, -0.2) is 13.4 Å². The number of nitrogens with zero attached hydrogens (tertiary/aromatic N) is 3. The zero-order valence-corrected chi connectivity index (χ0v) is 16.6. The molecule has 1 fully saturated rings. The summed E-state index contributed by atoms with van der Waals surface area (Å²) in [5, 5.41) is 3.42. The first-order chi connectivity index (χ1) is 11.9. The average Bonchev–Trinajstić information content (AvgIpc) is 3.01. The predicted molar refractivity (Wildman–Crippen MR) is 103 cm³/mol. The molecule has 0 bridgehead atoms. The number of benzene rings is 1. The highest BCUT2D eigenvalue weighted by molar-refractivity contribution is 7.90. The van der Waals surface area contributed by atoms with Crippen LogP contribution >= 0.6 is 12.4 Å². The van der Waals surface area contributed by atoms with Crippen LogP contribution in [0.4, 0.5) is 0 Å². The van der Waals surface area contributed by atoms with Gasteiger partial charge in [-0.15, -0.1) is 12.4 Å². The van der Waals surface area contributed by atoms with E-state index in [-0.39, 0.29) is 18.4 Å². The molecule has 1 atom stereocenters. The molecule has 0 radical (unpaired) electrons. The quantitative estimate of drug-likeness (QED) is 0.787. The SMILES string of the molecule is Cl.Cn1ccnc1C1CNCCN1CCOc1ccc(S(C)(=O)=O)cc1. The Balaban J connectivity index is 0.00000243. The second-order valence-electron chi connectivity index (χ2n) is 6.24. The van der Waals surface area contributed by atoms with E-state index in [1.165, 1.54) is 6.26 Å². The summed E-state index contributed by atoms with van der Waals surface area (Å²) in [7, 11) is -1.16. The van der Waals surface area contributed by atoms with Crippen LogP contribution in [0.15, 0.2) is 41.6 Å². The Kier molecular flexibility index (Phi) is 7.05. The Morgan fingerprint density at radius 2 is 2.04 bits per heavy atom. The zero-order chi connectivity index (χ0) is 17.9. The molecule has 2 heterocycles. The van der Waals surface area contributed by atoms with Crippen LogP contribution in [0.3, 0.4) is 0 Å². The number of sulfone groups is 1. The summed E-state index contributed by atoms with van der Waals surface area (Å²) in [4.78, 5) is 7.14. The summed E-state index contributed by atoms with van der Waals surface area (Å²) in [6, 6.07) is 6.78. The number of hydrogen-bond acceptors (Lipinski definition) is 6. The predicted octanol–water partition coefficient (Wildman–Crippen LogP) is 1.27. The van der Waals surface area contributed by atoms with Gasteiger partial charge in [-0.05, 0) is 24.3 Å². The van der Waals surface area contributed by atoms with Crippen molar-refractivity contribution in [1.82, 2.24) is 19.8 Å². The van der Waals surface area contributed by atoms with Gasteiger partial charge in [-0.2, -0.15) is 0 Å². The molecule has 0 aliphatic carbocycles. The average molecular weight is 401 g/mol. The van der Waals surface area contributed by atoms with E-state index in [0.717, 1.165) is 32.0 Å². The molecular weight excluding hydrogens is 376 g/mol. The van der Waals surface area contributed by atoms with Crippen LogP contribution in [0, 0.1) is 0 Å². The molecular formula is C17H25ClN4O3S. The summed E-state index contributed by atoms with van der Waals surface area (Å²) in [6.07, 6.45) is 4.98. The molecule has 1 aromatic heterocycles. The maximum absolute atomic E-state index is 11.5. The number of ether oxygens (including phenoxy) is 1. The molecule has 2 aromatic rings. The molecule has 9 heteroatoms. The number of rotatable bonds is 6. The van der Waals surface area contributed by atoms with Crippen LogP contribution in [-0.2, 0) is 16.9 Å². The molecule has 0 spiro atoms. The van der Waals surface area contributed by atoms with E-state index in [4.69, 9.17) is 4.74 Å². The minimum absolute atomic E-state index is 0. The summed E-state index contributed by atoms with van der Waals surface area (Å²) in [5.41, 5.74) is 0. The first-order valence-electron chi connectivity index (χ1n) is 8.30. The Morgan fingerprint density at radius 1 is 1.31 bits per heavy atom. The second kappa shape index (κ2) is 8.85. The highest BCUT2D eigenvalue weighted by Gasteiger charge is 2.26. The molecule has 1 aliphatic rings. The molecule has 144 valence electrons. The summed E-state index contributed by atoms with van der Waals surface area (Å²) < 4.78 is 30.8. The molecule has 7 nitrogen and oxygen atoms in total. The first kappa shape index (κ1) is 20.7. The van der Waals surface area contributed by atoms with Gasteiger partial charge in [0.1, 0.15) is 18.2 Å². The van der Waals surface area contributed by atoms with Gasteiger partial charge in [0.05, 0.1) is 10.9 Å². The topological polar surface area (TPSA) is 76.5 Å². The van der Waals surface area contributed by atoms with Crippen LogP contribution in [0.1, 0.15) is 11.9 Å². The minimum atomic E-state index is -3.17.